The number of carbonyl (C=O) groups is 1. The first kappa shape index (κ1) is 23.6. The fourth-order valence-corrected chi connectivity index (χ4v) is 4.89. The van der Waals surface area contributed by atoms with Crippen molar-refractivity contribution >= 4 is 21.6 Å². The molecule has 3 rings (SSSR count). The molecule has 0 unspecified atom stereocenters. The lowest BCUT2D eigenvalue weighted by Crippen LogP contribution is -2.36. The van der Waals surface area contributed by atoms with Gasteiger partial charge in [0.25, 0.3) is 5.91 Å². The van der Waals surface area contributed by atoms with Gasteiger partial charge >= 0.3 is 0 Å². The van der Waals surface area contributed by atoms with Crippen molar-refractivity contribution in [2.75, 3.05) is 5.32 Å². The summed E-state index contributed by atoms with van der Waals surface area (Å²) in [6, 6.07) is 18.0. The molecule has 5 nitrogen and oxygen atoms in total. The molecule has 0 fully saturated rings. The number of nitrogens with one attached hydrogen (secondary N) is 2. The van der Waals surface area contributed by atoms with Crippen LogP contribution >= 0.6 is 0 Å². The number of halogens is 1. The second kappa shape index (κ2) is 10.1. The van der Waals surface area contributed by atoms with E-state index < -0.39 is 21.7 Å². The summed E-state index contributed by atoms with van der Waals surface area (Å²) in [6.45, 7) is 5.67. The fraction of sp³-hybridized carbons (Fsp3) is 0.240. The Bertz CT molecular complexity index is 1190. The summed E-state index contributed by atoms with van der Waals surface area (Å²) in [7, 11) is -3.95. The molecular formula is C25H27FN2O3S. The molecule has 0 radical (unpaired) electrons. The Morgan fingerprint density at radius 2 is 1.62 bits per heavy atom. The van der Waals surface area contributed by atoms with Gasteiger partial charge in [0, 0.05) is 11.7 Å². The summed E-state index contributed by atoms with van der Waals surface area (Å²) < 4.78 is 43.0. The van der Waals surface area contributed by atoms with Gasteiger partial charge in [-0.3, -0.25) is 4.79 Å². The Hall–Kier alpha value is -3.03. The lowest BCUT2D eigenvalue weighted by Gasteiger charge is -2.18. The highest BCUT2D eigenvalue weighted by Crippen LogP contribution is 2.20. The van der Waals surface area contributed by atoms with Crippen LogP contribution in [0.3, 0.4) is 0 Å². The maximum Gasteiger partial charge on any atom is 0.258 e. The second-order valence-corrected chi connectivity index (χ2v) is 9.60. The maximum absolute atomic E-state index is 14.4. The molecule has 1 atom stereocenters. The van der Waals surface area contributed by atoms with Gasteiger partial charge in [-0.2, -0.15) is 0 Å². The van der Waals surface area contributed by atoms with E-state index in [9.17, 15) is 17.6 Å². The minimum atomic E-state index is -3.95. The molecule has 3 aromatic carbocycles. The Balaban J connectivity index is 1.81. The van der Waals surface area contributed by atoms with Crippen LogP contribution in [0, 0.1) is 19.7 Å². The third-order valence-corrected chi connectivity index (χ3v) is 6.63. The van der Waals surface area contributed by atoms with Crippen molar-refractivity contribution in [3.63, 3.8) is 0 Å². The largest absolute Gasteiger partial charge is 0.322 e. The van der Waals surface area contributed by atoms with Gasteiger partial charge in [-0.25, -0.2) is 17.5 Å². The summed E-state index contributed by atoms with van der Waals surface area (Å²) in [6.07, 6.45) is 1.10. The van der Waals surface area contributed by atoms with Crippen LogP contribution in [0.15, 0.2) is 71.6 Å². The highest BCUT2D eigenvalue weighted by Gasteiger charge is 2.22. The first-order chi connectivity index (χ1) is 15.2. The summed E-state index contributed by atoms with van der Waals surface area (Å²) in [5, 5.41) is 2.65. The van der Waals surface area contributed by atoms with Crippen LogP contribution in [-0.2, 0) is 16.4 Å². The van der Waals surface area contributed by atoms with Crippen molar-refractivity contribution in [2.45, 2.75) is 44.6 Å². The average molecular weight is 455 g/mol. The molecule has 0 heterocycles. The predicted molar refractivity (Wildman–Crippen MR) is 125 cm³/mol. The molecule has 168 valence electrons. The highest BCUT2D eigenvalue weighted by atomic mass is 32.2. The van der Waals surface area contributed by atoms with Crippen molar-refractivity contribution in [3.05, 3.63) is 94.8 Å². The van der Waals surface area contributed by atoms with Crippen molar-refractivity contribution in [3.8, 4) is 0 Å². The zero-order valence-electron chi connectivity index (χ0n) is 18.4. The lowest BCUT2D eigenvalue weighted by atomic mass is 10.1. The number of benzene rings is 3. The molecule has 0 aliphatic heterocycles. The van der Waals surface area contributed by atoms with E-state index in [1.807, 2.05) is 57.2 Å². The Morgan fingerprint density at radius 3 is 2.25 bits per heavy atom. The number of amides is 1. The number of carbonyl (C=O) groups excluding carboxylic acids is 1. The average Bonchev–Trinajstić information content (AvgIpc) is 2.73. The third-order valence-electron chi connectivity index (χ3n) is 5.11. The number of aryl methyl sites for hydroxylation is 2. The Morgan fingerprint density at radius 1 is 0.969 bits per heavy atom. The number of sulfonamides is 1. The van der Waals surface area contributed by atoms with E-state index in [4.69, 9.17) is 0 Å². The van der Waals surface area contributed by atoms with Crippen molar-refractivity contribution < 1.29 is 17.6 Å². The number of hydrogen-bond acceptors (Lipinski definition) is 3. The van der Waals surface area contributed by atoms with Crippen LogP contribution in [0.25, 0.3) is 0 Å². The minimum Gasteiger partial charge on any atom is -0.322 e. The molecule has 0 saturated carbocycles. The van der Waals surface area contributed by atoms with Crippen LogP contribution in [0.4, 0.5) is 10.1 Å². The second-order valence-electron chi connectivity index (χ2n) is 7.89. The van der Waals surface area contributed by atoms with E-state index in [0.29, 0.717) is 18.5 Å². The minimum absolute atomic E-state index is 0.156. The molecule has 0 bridgehead atoms. The SMILES string of the molecule is CC[C@@H](Cc1ccccc1)NS(=O)(=O)c1ccc(F)c(C(=O)Nc2cc(C)cc(C)c2)c1. The molecule has 2 N–H and O–H groups in total. The first-order valence-electron chi connectivity index (χ1n) is 10.4. The normalized spacial score (nSPS) is 12.4. The first-order valence-corrected chi connectivity index (χ1v) is 11.9. The van der Waals surface area contributed by atoms with E-state index in [1.54, 1.807) is 12.1 Å². The summed E-state index contributed by atoms with van der Waals surface area (Å²) >= 11 is 0. The van der Waals surface area contributed by atoms with Crippen molar-refractivity contribution in [1.82, 2.24) is 4.72 Å². The zero-order chi connectivity index (χ0) is 23.3. The summed E-state index contributed by atoms with van der Waals surface area (Å²) in [5.74, 6) is -1.50. The number of anilines is 1. The van der Waals surface area contributed by atoms with Gasteiger partial charge in [-0.1, -0.05) is 43.3 Å². The maximum atomic E-state index is 14.4. The Kier molecular flexibility index (Phi) is 7.43. The van der Waals surface area contributed by atoms with E-state index >= 15 is 0 Å². The Labute approximate surface area is 188 Å². The molecule has 0 saturated heterocycles. The van der Waals surface area contributed by atoms with E-state index in [0.717, 1.165) is 28.8 Å². The van der Waals surface area contributed by atoms with Crippen LogP contribution in [0.1, 0.15) is 40.4 Å². The number of rotatable bonds is 8. The molecule has 0 spiro atoms. The van der Waals surface area contributed by atoms with Crippen molar-refractivity contribution in [2.24, 2.45) is 0 Å². The molecule has 3 aromatic rings. The van der Waals surface area contributed by atoms with Gasteiger partial charge in [0.2, 0.25) is 10.0 Å². The molecule has 0 aliphatic rings. The van der Waals surface area contributed by atoms with Gasteiger partial charge in [0.1, 0.15) is 5.82 Å². The topological polar surface area (TPSA) is 75.3 Å². The monoisotopic (exact) mass is 454 g/mol. The molecule has 32 heavy (non-hydrogen) atoms. The number of hydrogen-bond donors (Lipinski definition) is 2. The summed E-state index contributed by atoms with van der Waals surface area (Å²) in [4.78, 5) is 12.5. The van der Waals surface area contributed by atoms with Gasteiger partial charge < -0.3 is 5.32 Å². The van der Waals surface area contributed by atoms with Crippen LogP contribution in [0.5, 0.6) is 0 Å². The van der Waals surface area contributed by atoms with E-state index in [2.05, 4.69) is 10.0 Å². The van der Waals surface area contributed by atoms with Gasteiger partial charge in [0.15, 0.2) is 0 Å². The van der Waals surface area contributed by atoms with Gasteiger partial charge in [-0.15, -0.1) is 0 Å². The molecule has 0 aromatic heterocycles. The predicted octanol–water partition coefficient (Wildman–Crippen LogP) is 4.99. The van der Waals surface area contributed by atoms with Crippen molar-refractivity contribution in [1.29, 1.82) is 0 Å². The molecule has 1 amide bonds. The molecule has 7 heteroatoms. The third kappa shape index (κ3) is 6.02. The van der Waals surface area contributed by atoms with Gasteiger partial charge in [0.05, 0.1) is 10.5 Å². The zero-order valence-corrected chi connectivity index (χ0v) is 19.2. The summed E-state index contributed by atoms with van der Waals surface area (Å²) in [5.41, 5.74) is 3.10. The quantitative estimate of drug-likeness (QED) is 0.503. The van der Waals surface area contributed by atoms with Crippen LogP contribution < -0.4 is 10.0 Å². The van der Waals surface area contributed by atoms with E-state index in [-0.39, 0.29) is 16.5 Å². The van der Waals surface area contributed by atoms with E-state index in [1.165, 1.54) is 6.07 Å². The molecule has 0 aliphatic carbocycles. The fourth-order valence-electron chi connectivity index (χ4n) is 3.55. The van der Waals surface area contributed by atoms with Gasteiger partial charge in [-0.05, 0) is 73.7 Å². The standard InChI is InChI=1S/C25H27FN2O3S/c1-4-20(15-19-8-6-5-7-9-19)28-32(30,31)22-10-11-24(26)23(16-22)25(29)27-21-13-17(2)12-18(3)14-21/h5-14,16,20,28H,4,15H2,1-3H3,(H,27,29)/t20-/m0/s1. The highest BCUT2D eigenvalue weighted by molar-refractivity contribution is 7.89. The molecular weight excluding hydrogens is 427 g/mol. The smallest absolute Gasteiger partial charge is 0.258 e. The van der Waals surface area contributed by atoms with Crippen LogP contribution in [0.2, 0.25) is 0 Å². The lowest BCUT2D eigenvalue weighted by molar-refractivity contribution is 0.102. The van der Waals surface area contributed by atoms with Crippen LogP contribution in [-0.4, -0.2) is 20.4 Å².